The van der Waals surface area contributed by atoms with Crippen LogP contribution < -0.4 is 16.3 Å². The number of rotatable bonds is 4. The predicted octanol–water partition coefficient (Wildman–Crippen LogP) is 1.36. The molecule has 2 aromatic carbocycles. The number of anilines is 1. The lowest BCUT2D eigenvalue weighted by Gasteiger charge is -2.30. The Kier molecular flexibility index (Phi) is 3.63. The van der Waals surface area contributed by atoms with E-state index >= 15 is 0 Å². The van der Waals surface area contributed by atoms with Gasteiger partial charge in [-0.1, -0.05) is 47.7 Å². The molecule has 6 heteroatoms. The van der Waals surface area contributed by atoms with E-state index in [1.165, 1.54) is 5.23 Å². The van der Waals surface area contributed by atoms with Crippen LogP contribution in [0.1, 0.15) is 20.7 Å². The van der Waals surface area contributed by atoms with Gasteiger partial charge in [0, 0.05) is 5.56 Å². The summed E-state index contributed by atoms with van der Waals surface area (Å²) in [6, 6.07) is 16.1. The number of fused-ring (bicyclic) bond motifs is 1. The minimum atomic E-state index is -0.232. The van der Waals surface area contributed by atoms with Crippen LogP contribution >= 0.6 is 0 Å². The summed E-state index contributed by atoms with van der Waals surface area (Å²) < 4.78 is 0. The average molecular weight is 282 g/mol. The van der Waals surface area contributed by atoms with Crippen molar-refractivity contribution < 1.29 is 9.59 Å². The van der Waals surface area contributed by atoms with Crippen LogP contribution in [0.15, 0.2) is 54.6 Å². The van der Waals surface area contributed by atoms with Crippen LogP contribution in [0.5, 0.6) is 0 Å². The zero-order valence-electron chi connectivity index (χ0n) is 11.2. The van der Waals surface area contributed by atoms with Crippen LogP contribution in [0.4, 0.5) is 5.69 Å². The van der Waals surface area contributed by atoms with Crippen LogP contribution in [0.2, 0.25) is 0 Å². The number of nitrogens with zero attached hydrogens (tertiary/aromatic N) is 1. The van der Waals surface area contributed by atoms with Crippen molar-refractivity contribution in [1.82, 2.24) is 16.1 Å². The fourth-order valence-corrected chi connectivity index (χ4v) is 2.04. The van der Waals surface area contributed by atoms with Crippen molar-refractivity contribution in [2.45, 2.75) is 0 Å². The van der Waals surface area contributed by atoms with Crippen molar-refractivity contribution in [3.63, 3.8) is 0 Å². The molecule has 0 unspecified atom stereocenters. The van der Waals surface area contributed by atoms with E-state index in [9.17, 15) is 9.59 Å². The molecule has 0 fully saturated rings. The molecule has 0 bridgehead atoms. The number of carbonyl (C=O) groups is 2. The molecule has 2 aromatic rings. The third-order valence-electron chi connectivity index (χ3n) is 3.11. The van der Waals surface area contributed by atoms with Gasteiger partial charge in [0.15, 0.2) is 5.78 Å². The van der Waals surface area contributed by atoms with Crippen LogP contribution in [-0.4, -0.2) is 23.5 Å². The zero-order chi connectivity index (χ0) is 14.7. The lowest BCUT2D eigenvalue weighted by atomic mass is 10.1. The Morgan fingerprint density at radius 1 is 1.00 bits per heavy atom. The summed E-state index contributed by atoms with van der Waals surface area (Å²) in [5, 5.41) is 1.30. The molecule has 0 aliphatic carbocycles. The van der Waals surface area contributed by atoms with E-state index in [0.717, 1.165) is 0 Å². The van der Waals surface area contributed by atoms with Crippen LogP contribution in [-0.2, 0) is 0 Å². The highest BCUT2D eigenvalue weighted by Gasteiger charge is 2.21. The molecule has 0 spiro atoms. The summed E-state index contributed by atoms with van der Waals surface area (Å²) in [6.07, 6.45) is 0. The lowest BCUT2D eigenvalue weighted by Crippen LogP contribution is -2.57. The first-order chi connectivity index (χ1) is 10.2. The number of Topliss-reactive ketones (excluding diaryl/α,β-unsaturated/α-hetero) is 1. The lowest BCUT2D eigenvalue weighted by molar-refractivity contribution is 0.0683. The Balaban J connectivity index is 1.63. The average Bonchev–Trinajstić information content (AvgIpc) is 2.53. The molecule has 1 heterocycles. The normalized spacial score (nSPS) is 14.0. The topological polar surface area (TPSA) is 73.5 Å². The van der Waals surface area contributed by atoms with Crippen molar-refractivity contribution in [2.24, 2.45) is 0 Å². The Morgan fingerprint density at radius 2 is 1.71 bits per heavy atom. The van der Waals surface area contributed by atoms with Crippen molar-refractivity contribution in [2.75, 3.05) is 12.0 Å². The maximum atomic E-state index is 12.0. The van der Waals surface area contributed by atoms with E-state index in [1.54, 1.807) is 30.3 Å². The number of nitrogens with one attached hydrogen (secondary N) is 3. The third-order valence-corrected chi connectivity index (χ3v) is 3.11. The number of benzene rings is 2. The van der Waals surface area contributed by atoms with Gasteiger partial charge in [-0.05, 0) is 12.1 Å². The Hall–Kier alpha value is -2.70. The Bertz CT molecular complexity index is 672. The largest absolute Gasteiger partial charge is 0.293 e. The first kappa shape index (κ1) is 13.3. The van der Waals surface area contributed by atoms with E-state index in [-0.39, 0.29) is 18.2 Å². The van der Waals surface area contributed by atoms with Gasteiger partial charge in [-0.25, -0.2) is 5.43 Å². The van der Waals surface area contributed by atoms with Gasteiger partial charge in [-0.15, -0.1) is 0 Å². The molecule has 21 heavy (non-hydrogen) atoms. The van der Waals surface area contributed by atoms with Crippen LogP contribution in [0.25, 0.3) is 0 Å². The van der Waals surface area contributed by atoms with Gasteiger partial charge >= 0.3 is 0 Å². The number of hydrogen-bond donors (Lipinski definition) is 3. The molecule has 0 saturated carbocycles. The van der Waals surface area contributed by atoms with E-state index < -0.39 is 0 Å². The van der Waals surface area contributed by atoms with E-state index in [0.29, 0.717) is 16.8 Å². The molecule has 3 N–H and O–H groups in total. The maximum absolute atomic E-state index is 12.0. The molecule has 1 aliphatic heterocycles. The van der Waals surface area contributed by atoms with E-state index in [2.05, 4.69) is 16.3 Å². The molecular weight excluding hydrogens is 268 g/mol. The molecule has 1 aliphatic rings. The second kappa shape index (κ2) is 5.74. The van der Waals surface area contributed by atoms with E-state index in [1.807, 2.05) is 24.3 Å². The summed E-state index contributed by atoms with van der Waals surface area (Å²) in [5.41, 5.74) is 10.3. The summed E-state index contributed by atoms with van der Waals surface area (Å²) in [6.45, 7) is 0.0689. The fraction of sp³-hybridized carbons (Fsp3) is 0.0667. The minimum Gasteiger partial charge on any atom is -0.293 e. The maximum Gasteiger partial charge on any atom is 0.270 e. The zero-order valence-corrected chi connectivity index (χ0v) is 11.2. The highest BCUT2D eigenvalue weighted by atomic mass is 16.2. The highest BCUT2D eigenvalue weighted by Crippen LogP contribution is 2.17. The molecule has 0 radical (unpaired) electrons. The minimum absolute atomic E-state index is 0.0643. The third kappa shape index (κ3) is 2.91. The van der Waals surface area contributed by atoms with Crippen molar-refractivity contribution in [1.29, 1.82) is 0 Å². The number of para-hydroxylation sites is 1. The highest BCUT2D eigenvalue weighted by molar-refractivity contribution is 6.00. The molecule has 106 valence electrons. The monoisotopic (exact) mass is 282 g/mol. The van der Waals surface area contributed by atoms with Gasteiger partial charge in [0.2, 0.25) is 0 Å². The number of amides is 1. The molecule has 0 atom stereocenters. The summed E-state index contributed by atoms with van der Waals surface area (Å²) in [5.74, 6) is -0.297. The van der Waals surface area contributed by atoms with Gasteiger partial charge in [-0.2, -0.15) is 0 Å². The SMILES string of the molecule is O=C(CNN1NC(=O)c2ccccc2N1)c1ccccc1. The molecule has 6 nitrogen and oxygen atoms in total. The molecule has 0 aromatic heterocycles. The second-order valence-electron chi connectivity index (χ2n) is 4.56. The smallest absolute Gasteiger partial charge is 0.270 e. The van der Waals surface area contributed by atoms with Gasteiger partial charge < -0.3 is 0 Å². The van der Waals surface area contributed by atoms with Gasteiger partial charge in [0.05, 0.1) is 17.8 Å². The van der Waals surface area contributed by atoms with Gasteiger partial charge in [0.25, 0.3) is 5.91 Å². The second-order valence-corrected chi connectivity index (χ2v) is 4.56. The molecular formula is C15H14N4O2. The van der Waals surface area contributed by atoms with Crippen molar-refractivity contribution in [3.05, 3.63) is 65.7 Å². The summed E-state index contributed by atoms with van der Waals surface area (Å²) >= 11 is 0. The first-order valence-electron chi connectivity index (χ1n) is 6.52. The summed E-state index contributed by atoms with van der Waals surface area (Å²) in [4.78, 5) is 23.9. The standard InChI is InChI=1S/C15H14N4O2/c20-14(11-6-2-1-3-7-11)10-16-19-17-13-9-5-4-8-12(13)15(21)18-19/h1-9,16-17H,10H2,(H,18,21). The fourth-order valence-electron chi connectivity index (χ4n) is 2.04. The van der Waals surface area contributed by atoms with Crippen molar-refractivity contribution in [3.8, 4) is 0 Å². The van der Waals surface area contributed by atoms with Crippen LogP contribution in [0.3, 0.4) is 0 Å². The number of hydrazine groups is 3. The quantitative estimate of drug-likeness (QED) is 0.738. The number of hydrogen-bond acceptors (Lipinski definition) is 5. The van der Waals surface area contributed by atoms with Crippen LogP contribution in [0, 0.1) is 0 Å². The Labute approximate surface area is 121 Å². The van der Waals surface area contributed by atoms with Gasteiger partial charge in [0.1, 0.15) is 0 Å². The number of ketones is 1. The number of carbonyl (C=O) groups excluding carboxylic acids is 2. The molecule has 1 amide bonds. The molecule has 0 saturated heterocycles. The Morgan fingerprint density at radius 3 is 2.52 bits per heavy atom. The first-order valence-corrected chi connectivity index (χ1v) is 6.52. The van der Waals surface area contributed by atoms with E-state index in [4.69, 9.17) is 0 Å². The molecule has 3 rings (SSSR count). The van der Waals surface area contributed by atoms with Crippen molar-refractivity contribution >= 4 is 17.4 Å². The van der Waals surface area contributed by atoms with Gasteiger partial charge in [-0.3, -0.25) is 20.4 Å². The summed E-state index contributed by atoms with van der Waals surface area (Å²) in [7, 11) is 0. The predicted molar refractivity (Wildman–Crippen MR) is 78.1 cm³/mol.